The molecule has 0 saturated heterocycles. The standard InChI is InChI=1S/C22H23NO3S2/c1-26-19(22(24)25)13-16-7-5-15(6-8-16)9-11-23-21-18(10-12-27-21)14-17-3-2-4-20(17)28-23/h2,4-8,10,12,19H,3,9,11,13-14H2,1H3,(H,24,25). The molecule has 1 aromatic carbocycles. The second kappa shape index (κ2) is 8.55. The minimum Gasteiger partial charge on any atom is -0.479 e. The number of nitrogens with zero attached hydrogens (tertiary/aromatic N) is 1. The molecule has 6 heteroatoms. The van der Waals surface area contributed by atoms with Gasteiger partial charge in [-0.2, -0.15) is 0 Å². The van der Waals surface area contributed by atoms with Crippen molar-refractivity contribution in [3.8, 4) is 0 Å². The Morgan fingerprint density at radius 1 is 1.25 bits per heavy atom. The predicted octanol–water partition coefficient (Wildman–Crippen LogP) is 4.86. The number of ether oxygens (including phenoxy) is 1. The smallest absolute Gasteiger partial charge is 0.333 e. The van der Waals surface area contributed by atoms with E-state index in [1.54, 1.807) is 0 Å². The van der Waals surface area contributed by atoms with Gasteiger partial charge in [-0.3, -0.25) is 0 Å². The summed E-state index contributed by atoms with van der Waals surface area (Å²) in [7, 11) is 1.44. The molecule has 0 fully saturated rings. The van der Waals surface area contributed by atoms with Crippen molar-refractivity contribution >= 4 is 34.3 Å². The van der Waals surface area contributed by atoms with Crippen molar-refractivity contribution in [3.63, 3.8) is 0 Å². The lowest BCUT2D eigenvalue weighted by Crippen LogP contribution is -2.24. The Labute approximate surface area is 173 Å². The number of fused-ring (bicyclic) bond motifs is 1. The van der Waals surface area contributed by atoms with Gasteiger partial charge in [-0.25, -0.2) is 4.79 Å². The Hall–Kier alpha value is -2.02. The number of carbonyl (C=O) groups is 1. The van der Waals surface area contributed by atoms with Gasteiger partial charge in [0.15, 0.2) is 6.10 Å². The lowest BCUT2D eigenvalue weighted by molar-refractivity contribution is -0.148. The zero-order valence-electron chi connectivity index (χ0n) is 15.8. The van der Waals surface area contributed by atoms with Gasteiger partial charge in [0.25, 0.3) is 0 Å². The van der Waals surface area contributed by atoms with E-state index in [4.69, 9.17) is 9.84 Å². The molecule has 2 aromatic rings. The molecular formula is C22H23NO3S2. The van der Waals surface area contributed by atoms with Crippen LogP contribution in [0.4, 0.5) is 5.00 Å². The van der Waals surface area contributed by atoms with Crippen molar-refractivity contribution in [2.45, 2.75) is 31.8 Å². The molecule has 0 amide bonds. The minimum absolute atomic E-state index is 0.385. The number of carboxylic acid groups (broad SMARTS) is 1. The van der Waals surface area contributed by atoms with E-state index in [-0.39, 0.29) is 0 Å². The lowest BCUT2D eigenvalue weighted by atomic mass is 10.0. The first-order valence-electron chi connectivity index (χ1n) is 9.38. The quantitative estimate of drug-likeness (QED) is 0.657. The lowest BCUT2D eigenvalue weighted by Gasteiger charge is -2.22. The monoisotopic (exact) mass is 413 g/mol. The molecule has 1 aliphatic heterocycles. The summed E-state index contributed by atoms with van der Waals surface area (Å²) in [5.74, 6) is -0.925. The molecule has 0 saturated carbocycles. The number of aliphatic carboxylic acids is 1. The van der Waals surface area contributed by atoms with E-state index >= 15 is 0 Å². The number of benzene rings is 1. The molecule has 2 aliphatic rings. The van der Waals surface area contributed by atoms with Crippen LogP contribution in [0.3, 0.4) is 0 Å². The van der Waals surface area contributed by atoms with Gasteiger partial charge in [0.1, 0.15) is 5.00 Å². The summed E-state index contributed by atoms with van der Waals surface area (Å²) in [6, 6.07) is 10.5. The molecule has 1 unspecified atom stereocenters. The maximum absolute atomic E-state index is 11.1. The fraction of sp³-hybridized carbons (Fsp3) is 0.318. The summed E-state index contributed by atoms with van der Waals surface area (Å²) in [6.07, 6.45) is 7.19. The third-order valence-corrected chi connectivity index (χ3v) is 7.45. The van der Waals surface area contributed by atoms with Crippen LogP contribution in [0, 0.1) is 0 Å². The summed E-state index contributed by atoms with van der Waals surface area (Å²) in [6.45, 7) is 0.942. The van der Waals surface area contributed by atoms with Gasteiger partial charge in [0, 0.05) is 25.0 Å². The average molecular weight is 414 g/mol. The highest BCUT2D eigenvalue weighted by Gasteiger charge is 2.23. The molecule has 1 aromatic heterocycles. The van der Waals surface area contributed by atoms with E-state index in [0.29, 0.717) is 6.42 Å². The van der Waals surface area contributed by atoms with Crippen LogP contribution in [-0.2, 0) is 28.8 Å². The van der Waals surface area contributed by atoms with Gasteiger partial charge in [-0.15, -0.1) is 11.3 Å². The van der Waals surface area contributed by atoms with E-state index in [2.05, 4.69) is 40.0 Å². The highest BCUT2D eigenvalue weighted by molar-refractivity contribution is 8.04. The maximum Gasteiger partial charge on any atom is 0.333 e. The first kappa shape index (κ1) is 19.3. The fourth-order valence-electron chi connectivity index (χ4n) is 3.56. The predicted molar refractivity (Wildman–Crippen MR) is 116 cm³/mol. The van der Waals surface area contributed by atoms with Crippen LogP contribution in [-0.4, -0.2) is 30.8 Å². The van der Waals surface area contributed by atoms with Gasteiger partial charge in [-0.1, -0.05) is 36.4 Å². The highest BCUT2D eigenvalue weighted by Crippen LogP contribution is 2.44. The van der Waals surface area contributed by atoms with E-state index in [0.717, 1.165) is 31.4 Å². The Bertz CT molecular complexity index is 914. The topological polar surface area (TPSA) is 49.8 Å². The molecule has 4 rings (SSSR count). The Morgan fingerprint density at radius 3 is 2.79 bits per heavy atom. The van der Waals surface area contributed by atoms with Crippen LogP contribution in [0.2, 0.25) is 0 Å². The summed E-state index contributed by atoms with van der Waals surface area (Å²) in [4.78, 5) is 12.5. The van der Waals surface area contributed by atoms with Crippen LogP contribution >= 0.6 is 23.3 Å². The Kier molecular flexibility index (Phi) is 5.90. The van der Waals surface area contributed by atoms with Gasteiger partial charge in [-0.05, 0) is 64.9 Å². The summed E-state index contributed by atoms with van der Waals surface area (Å²) < 4.78 is 7.45. The van der Waals surface area contributed by atoms with Gasteiger partial charge >= 0.3 is 5.97 Å². The average Bonchev–Trinajstić information content (AvgIpc) is 3.31. The van der Waals surface area contributed by atoms with Gasteiger partial charge in [0.05, 0.1) is 0 Å². The highest BCUT2D eigenvalue weighted by atomic mass is 32.2. The van der Waals surface area contributed by atoms with E-state index in [1.165, 1.54) is 33.7 Å². The maximum atomic E-state index is 11.1. The number of hydrogen-bond donors (Lipinski definition) is 1. The van der Waals surface area contributed by atoms with Crippen LogP contribution < -0.4 is 4.31 Å². The summed E-state index contributed by atoms with van der Waals surface area (Å²) >= 11 is 3.68. The number of thiophene rings is 1. The van der Waals surface area contributed by atoms with Crippen LogP contribution in [0.15, 0.2) is 58.3 Å². The number of hydrogen-bond acceptors (Lipinski definition) is 5. The molecular weight excluding hydrogens is 390 g/mol. The third kappa shape index (κ3) is 4.19. The SMILES string of the molecule is COC(Cc1ccc(CCN2SC3=C(CC=C3)Cc3ccsc32)cc1)C(=O)O. The normalized spacial score (nSPS) is 16.7. The number of carboxylic acids is 1. The van der Waals surface area contributed by atoms with E-state index in [9.17, 15) is 4.79 Å². The summed E-state index contributed by atoms with van der Waals surface area (Å²) in [5.41, 5.74) is 5.20. The first-order valence-corrected chi connectivity index (χ1v) is 11.0. The largest absolute Gasteiger partial charge is 0.479 e. The molecule has 0 bridgehead atoms. The Balaban J connectivity index is 1.41. The zero-order valence-corrected chi connectivity index (χ0v) is 17.4. The second-order valence-electron chi connectivity index (χ2n) is 7.03. The van der Waals surface area contributed by atoms with Crippen LogP contribution in [0.1, 0.15) is 23.1 Å². The van der Waals surface area contributed by atoms with E-state index in [1.807, 2.05) is 35.4 Å². The fourth-order valence-corrected chi connectivity index (χ4v) is 5.72. The van der Waals surface area contributed by atoms with Gasteiger partial charge in [0.2, 0.25) is 0 Å². The Morgan fingerprint density at radius 2 is 2.04 bits per heavy atom. The second-order valence-corrected chi connectivity index (χ2v) is 8.99. The van der Waals surface area contributed by atoms with Crippen LogP contribution in [0.5, 0.6) is 0 Å². The molecule has 0 spiro atoms. The van der Waals surface area contributed by atoms with E-state index < -0.39 is 12.1 Å². The molecule has 2 heterocycles. The van der Waals surface area contributed by atoms with Gasteiger partial charge < -0.3 is 14.1 Å². The van der Waals surface area contributed by atoms with Crippen molar-refractivity contribution < 1.29 is 14.6 Å². The van der Waals surface area contributed by atoms with Crippen molar-refractivity contribution in [3.05, 3.63) is 75.0 Å². The van der Waals surface area contributed by atoms with Crippen molar-refractivity contribution in [1.82, 2.24) is 0 Å². The molecule has 1 aliphatic carbocycles. The molecule has 0 radical (unpaired) electrons. The number of allylic oxidation sites excluding steroid dienone is 3. The van der Waals surface area contributed by atoms with Crippen molar-refractivity contribution in [1.29, 1.82) is 0 Å². The molecule has 28 heavy (non-hydrogen) atoms. The molecule has 1 atom stereocenters. The summed E-state index contributed by atoms with van der Waals surface area (Å²) in [5, 5.41) is 12.7. The number of anilines is 1. The molecule has 4 nitrogen and oxygen atoms in total. The molecule has 1 N–H and O–H groups in total. The first-order chi connectivity index (χ1) is 13.6. The van der Waals surface area contributed by atoms with Crippen molar-refractivity contribution in [2.24, 2.45) is 0 Å². The number of rotatable bonds is 7. The minimum atomic E-state index is -0.925. The third-order valence-electron chi connectivity index (χ3n) is 5.15. The molecule has 146 valence electrons. The van der Waals surface area contributed by atoms with Crippen LogP contribution in [0.25, 0.3) is 0 Å². The zero-order chi connectivity index (χ0) is 19.5. The number of methoxy groups -OCH3 is 1. The van der Waals surface area contributed by atoms with Crippen molar-refractivity contribution in [2.75, 3.05) is 18.0 Å².